The molecule has 190 valence electrons. The van der Waals surface area contributed by atoms with Crippen LogP contribution in [0.2, 0.25) is 0 Å². The molecule has 0 aliphatic rings. The number of hydrazine groups is 1. The maximum absolute atomic E-state index is 13.0. The SMILES string of the molecule is CNN(C=O)c1ccc(OC)c(COc2ccc(S(=O)(=O)CC(CC(=O)O)c3ccccc3)cc2)c1. The molecule has 0 saturated carbocycles. The number of carboxylic acids is 1. The number of rotatable bonds is 13. The topological polar surface area (TPSA) is 122 Å². The lowest BCUT2D eigenvalue weighted by Gasteiger charge is -2.18. The zero-order valence-corrected chi connectivity index (χ0v) is 20.8. The van der Waals surface area contributed by atoms with Gasteiger partial charge < -0.3 is 14.6 Å². The Labute approximate surface area is 210 Å². The summed E-state index contributed by atoms with van der Waals surface area (Å²) in [5.74, 6) is -1.05. The van der Waals surface area contributed by atoms with Crippen molar-refractivity contribution in [1.29, 1.82) is 0 Å². The number of aliphatic carboxylic acids is 1. The van der Waals surface area contributed by atoms with Gasteiger partial charge in [0.1, 0.15) is 18.1 Å². The molecule has 0 fully saturated rings. The van der Waals surface area contributed by atoms with Gasteiger partial charge in [0.05, 0.1) is 29.9 Å². The number of anilines is 1. The molecule has 9 nitrogen and oxygen atoms in total. The van der Waals surface area contributed by atoms with E-state index in [-0.39, 0.29) is 23.7 Å². The lowest BCUT2D eigenvalue weighted by atomic mass is 9.98. The van der Waals surface area contributed by atoms with E-state index in [1.807, 2.05) is 0 Å². The van der Waals surface area contributed by atoms with Gasteiger partial charge in [0.15, 0.2) is 9.84 Å². The summed E-state index contributed by atoms with van der Waals surface area (Å²) >= 11 is 0. The van der Waals surface area contributed by atoms with Crippen LogP contribution in [0.1, 0.15) is 23.5 Å². The van der Waals surface area contributed by atoms with Crippen LogP contribution in [0.3, 0.4) is 0 Å². The maximum atomic E-state index is 13.0. The number of carbonyl (C=O) groups excluding carboxylic acids is 1. The number of nitrogens with one attached hydrogen (secondary N) is 1. The molecule has 0 spiro atoms. The van der Waals surface area contributed by atoms with E-state index in [4.69, 9.17) is 9.47 Å². The van der Waals surface area contributed by atoms with Crippen LogP contribution in [0.15, 0.2) is 77.7 Å². The molecule has 0 aliphatic carbocycles. The van der Waals surface area contributed by atoms with Crippen molar-refractivity contribution in [3.05, 3.63) is 83.9 Å². The standard InChI is InChI=1S/C26H28N2O7S/c1-27-28(18-29)22-8-13-25(34-2)20(14-22)16-35-23-9-11-24(12-10-23)36(32,33)17-21(15-26(30)31)19-6-4-3-5-7-19/h3-14,18,21,27H,15-17H2,1-2H3,(H,30,31). The molecular formula is C26H28N2O7S. The molecule has 3 aromatic rings. The van der Waals surface area contributed by atoms with Crippen molar-refractivity contribution in [3.63, 3.8) is 0 Å². The molecule has 0 saturated heterocycles. The van der Waals surface area contributed by atoms with Crippen LogP contribution in [0.25, 0.3) is 0 Å². The number of amides is 1. The fourth-order valence-electron chi connectivity index (χ4n) is 3.74. The number of hydrogen-bond donors (Lipinski definition) is 2. The third-order valence-corrected chi connectivity index (χ3v) is 7.41. The highest BCUT2D eigenvalue weighted by Crippen LogP contribution is 2.28. The Morgan fingerprint density at radius 1 is 1.08 bits per heavy atom. The van der Waals surface area contributed by atoms with E-state index in [1.54, 1.807) is 67.7 Å². The zero-order valence-electron chi connectivity index (χ0n) is 20.0. The molecule has 1 amide bonds. The van der Waals surface area contributed by atoms with E-state index >= 15 is 0 Å². The zero-order chi connectivity index (χ0) is 26.1. The Balaban J connectivity index is 1.74. The molecule has 0 aromatic heterocycles. The van der Waals surface area contributed by atoms with Gasteiger partial charge in [0, 0.05) is 18.5 Å². The van der Waals surface area contributed by atoms with Crippen molar-refractivity contribution in [2.75, 3.05) is 24.9 Å². The number of ether oxygens (including phenoxy) is 2. The predicted octanol–water partition coefficient (Wildman–Crippen LogP) is 3.40. The van der Waals surface area contributed by atoms with Gasteiger partial charge in [-0.2, -0.15) is 0 Å². The van der Waals surface area contributed by atoms with Crippen LogP contribution in [0, 0.1) is 0 Å². The van der Waals surface area contributed by atoms with Gasteiger partial charge in [-0.15, -0.1) is 0 Å². The van der Waals surface area contributed by atoms with E-state index < -0.39 is 21.7 Å². The van der Waals surface area contributed by atoms with E-state index in [1.165, 1.54) is 24.3 Å². The molecule has 0 aliphatic heterocycles. The summed E-state index contributed by atoms with van der Waals surface area (Å²) in [6, 6.07) is 19.9. The Morgan fingerprint density at radius 2 is 1.78 bits per heavy atom. The minimum atomic E-state index is -3.75. The van der Waals surface area contributed by atoms with E-state index in [0.29, 0.717) is 34.7 Å². The third kappa shape index (κ3) is 6.83. The number of nitrogens with zero attached hydrogens (tertiary/aromatic N) is 1. The largest absolute Gasteiger partial charge is 0.496 e. The van der Waals surface area contributed by atoms with Gasteiger partial charge >= 0.3 is 5.97 Å². The number of methoxy groups -OCH3 is 1. The second-order valence-electron chi connectivity index (χ2n) is 7.94. The Bertz CT molecular complexity index is 1280. The van der Waals surface area contributed by atoms with Crippen LogP contribution in [-0.4, -0.2) is 45.8 Å². The summed E-state index contributed by atoms with van der Waals surface area (Å²) in [6.45, 7) is 0.119. The Kier molecular flexibility index (Phi) is 9.04. The van der Waals surface area contributed by atoms with Crippen LogP contribution < -0.4 is 19.9 Å². The molecule has 10 heteroatoms. The first kappa shape index (κ1) is 26.7. The van der Waals surface area contributed by atoms with Crippen LogP contribution in [-0.2, 0) is 26.0 Å². The van der Waals surface area contributed by atoms with Crippen LogP contribution in [0.4, 0.5) is 5.69 Å². The molecular weight excluding hydrogens is 484 g/mol. The predicted molar refractivity (Wildman–Crippen MR) is 135 cm³/mol. The molecule has 0 heterocycles. The second kappa shape index (κ2) is 12.2. The first-order chi connectivity index (χ1) is 17.3. The molecule has 1 atom stereocenters. The van der Waals surface area contributed by atoms with Crippen LogP contribution >= 0.6 is 0 Å². The van der Waals surface area contributed by atoms with Gasteiger partial charge in [-0.05, 0) is 48.0 Å². The first-order valence-electron chi connectivity index (χ1n) is 11.1. The minimum absolute atomic E-state index is 0.0800. The third-order valence-electron chi connectivity index (χ3n) is 5.58. The van der Waals surface area contributed by atoms with E-state index in [2.05, 4.69) is 5.43 Å². The molecule has 36 heavy (non-hydrogen) atoms. The summed E-state index contributed by atoms with van der Waals surface area (Å²) in [5.41, 5.74) is 4.70. The first-order valence-corrected chi connectivity index (χ1v) is 12.7. The van der Waals surface area contributed by atoms with Crippen LogP contribution in [0.5, 0.6) is 11.5 Å². The van der Waals surface area contributed by atoms with Gasteiger partial charge in [-0.1, -0.05) is 30.3 Å². The Morgan fingerprint density at radius 3 is 2.36 bits per heavy atom. The fraction of sp³-hybridized carbons (Fsp3) is 0.231. The number of carbonyl (C=O) groups is 2. The van der Waals surface area contributed by atoms with Gasteiger partial charge in [0.2, 0.25) is 6.41 Å². The highest BCUT2D eigenvalue weighted by Gasteiger charge is 2.25. The summed E-state index contributed by atoms with van der Waals surface area (Å²) < 4.78 is 37.3. The van der Waals surface area contributed by atoms with Crippen molar-refractivity contribution in [3.8, 4) is 11.5 Å². The van der Waals surface area contributed by atoms with Gasteiger partial charge in [0.25, 0.3) is 0 Å². The van der Waals surface area contributed by atoms with Crippen molar-refractivity contribution in [1.82, 2.24) is 5.43 Å². The fourth-order valence-corrected chi connectivity index (χ4v) is 5.33. The number of sulfone groups is 1. The monoisotopic (exact) mass is 512 g/mol. The van der Waals surface area contributed by atoms with Crippen molar-refractivity contribution < 1.29 is 32.6 Å². The number of hydrogen-bond acceptors (Lipinski definition) is 7. The van der Waals surface area contributed by atoms with Crippen molar-refractivity contribution in [2.45, 2.75) is 23.8 Å². The number of benzene rings is 3. The maximum Gasteiger partial charge on any atom is 0.303 e. The van der Waals surface area contributed by atoms with E-state index in [0.717, 1.165) is 0 Å². The van der Waals surface area contributed by atoms with E-state index in [9.17, 15) is 23.1 Å². The summed E-state index contributed by atoms with van der Waals surface area (Å²) in [5, 5.41) is 10.6. The lowest BCUT2D eigenvalue weighted by Crippen LogP contribution is -2.33. The summed E-state index contributed by atoms with van der Waals surface area (Å²) in [6.07, 6.45) is 0.352. The second-order valence-corrected chi connectivity index (χ2v) is 9.98. The molecule has 1 unspecified atom stereocenters. The smallest absolute Gasteiger partial charge is 0.303 e. The highest BCUT2D eigenvalue weighted by molar-refractivity contribution is 7.91. The lowest BCUT2D eigenvalue weighted by molar-refractivity contribution is -0.137. The highest BCUT2D eigenvalue weighted by atomic mass is 32.2. The van der Waals surface area contributed by atoms with Gasteiger partial charge in [-0.3, -0.25) is 9.59 Å². The molecule has 2 N–H and O–H groups in total. The summed E-state index contributed by atoms with van der Waals surface area (Å²) in [7, 11) is -0.605. The molecule has 0 radical (unpaired) electrons. The van der Waals surface area contributed by atoms with Crippen molar-refractivity contribution >= 4 is 27.9 Å². The minimum Gasteiger partial charge on any atom is -0.496 e. The molecule has 0 bridgehead atoms. The molecule has 3 aromatic carbocycles. The Hall–Kier alpha value is -3.89. The average molecular weight is 513 g/mol. The quantitative estimate of drug-likeness (QED) is 0.264. The normalized spacial score (nSPS) is 11.9. The number of carboxylic acid groups (broad SMARTS) is 1. The molecule has 3 rings (SSSR count). The van der Waals surface area contributed by atoms with Crippen molar-refractivity contribution in [2.24, 2.45) is 0 Å². The summed E-state index contributed by atoms with van der Waals surface area (Å²) in [4.78, 5) is 22.6. The average Bonchev–Trinajstić information content (AvgIpc) is 2.88. The van der Waals surface area contributed by atoms with Gasteiger partial charge in [-0.25, -0.2) is 18.9 Å².